The number of rotatable bonds is 3. The van der Waals surface area contributed by atoms with Crippen molar-refractivity contribution in [2.75, 3.05) is 13.2 Å². The zero-order valence-electron chi connectivity index (χ0n) is 7.71. The van der Waals surface area contributed by atoms with Crippen LogP contribution in [0, 0.1) is 22.7 Å². The van der Waals surface area contributed by atoms with Gasteiger partial charge in [0.2, 0.25) is 0 Å². The van der Waals surface area contributed by atoms with Crippen molar-refractivity contribution in [3.8, 4) is 6.07 Å². The topological polar surface area (TPSA) is 59.0 Å². The predicted molar refractivity (Wildman–Crippen MR) is 46.3 cm³/mol. The fraction of sp³-hybridized carbons (Fsp3) is 0.889. The standard InChI is InChI=1S/C9H16N2O/c1-7(2)3-8(11)9(4-10)5-12-6-9/h7-8H,3,5-6,11H2,1-2H3. The molecule has 12 heavy (non-hydrogen) atoms. The number of hydrogen-bond donors (Lipinski definition) is 1. The Balaban J connectivity index is 2.50. The summed E-state index contributed by atoms with van der Waals surface area (Å²) in [5.74, 6) is 0.547. The summed E-state index contributed by atoms with van der Waals surface area (Å²) in [6, 6.07) is 2.24. The fourth-order valence-corrected chi connectivity index (χ4v) is 1.42. The maximum absolute atomic E-state index is 8.91. The lowest BCUT2D eigenvalue weighted by Crippen LogP contribution is -2.54. The molecule has 3 nitrogen and oxygen atoms in total. The average Bonchev–Trinajstić information content (AvgIpc) is 1.83. The van der Waals surface area contributed by atoms with Crippen LogP contribution in [-0.2, 0) is 4.74 Å². The Bertz CT molecular complexity index is 191. The van der Waals surface area contributed by atoms with Crippen molar-refractivity contribution in [2.45, 2.75) is 26.3 Å². The lowest BCUT2D eigenvalue weighted by molar-refractivity contribution is -0.0926. The van der Waals surface area contributed by atoms with Gasteiger partial charge in [0.15, 0.2) is 0 Å². The Morgan fingerprint density at radius 1 is 1.58 bits per heavy atom. The molecule has 0 bridgehead atoms. The lowest BCUT2D eigenvalue weighted by atomic mass is 9.77. The predicted octanol–water partition coefficient (Wildman–Crippen LogP) is 0.900. The molecule has 1 atom stereocenters. The van der Waals surface area contributed by atoms with Crippen LogP contribution >= 0.6 is 0 Å². The summed E-state index contributed by atoms with van der Waals surface area (Å²) in [6.45, 7) is 5.25. The van der Waals surface area contributed by atoms with Gasteiger partial charge in [-0.1, -0.05) is 13.8 Å². The van der Waals surface area contributed by atoms with Crippen LogP contribution in [-0.4, -0.2) is 19.3 Å². The highest BCUT2D eigenvalue weighted by molar-refractivity contribution is 5.09. The first kappa shape index (κ1) is 9.50. The van der Waals surface area contributed by atoms with Gasteiger partial charge in [-0.3, -0.25) is 0 Å². The summed E-state index contributed by atoms with van der Waals surface area (Å²) < 4.78 is 5.03. The van der Waals surface area contributed by atoms with E-state index in [1.165, 1.54) is 0 Å². The molecule has 1 saturated heterocycles. The highest BCUT2D eigenvalue weighted by atomic mass is 16.5. The number of nitrogens with zero attached hydrogens (tertiary/aromatic N) is 1. The summed E-state index contributed by atoms with van der Waals surface area (Å²) in [7, 11) is 0. The van der Waals surface area contributed by atoms with Gasteiger partial charge >= 0.3 is 0 Å². The Hall–Kier alpha value is -0.590. The molecule has 0 saturated carbocycles. The first-order chi connectivity index (χ1) is 5.60. The zero-order chi connectivity index (χ0) is 9.19. The molecule has 0 aliphatic carbocycles. The second-order valence-corrected chi connectivity index (χ2v) is 4.00. The van der Waals surface area contributed by atoms with E-state index >= 15 is 0 Å². The van der Waals surface area contributed by atoms with E-state index in [-0.39, 0.29) is 11.5 Å². The van der Waals surface area contributed by atoms with Crippen LogP contribution in [0.1, 0.15) is 20.3 Å². The van der Waals surface area contributed by atoms with E-state index in [2.05, 4.69) is 19.9 Å². The van der Waals surface area contributed by atoms with E-state index in [4.69, 9.17) is 15.7 Å². The van der Waals surface area contributed by atoms with E-state index in [9.17, 15) is 0 Å². The average molecular weight is 168 g/mol. The van der Waals surface area contributed by atoms with Crippen molar-refractivity contribution in [3.63, 3.8) is 0 Å². The second-order valence-electron chi connectivity index (χ2n) is 4.00. The minimum Gasteiger partial charge on any atom is -0.378 e. The number of nitrogens with two attached hydrogens (primary N) is 1. The van der Waals surface area contributed by atoms with Gasteiger partial charge in [0.05, 0.1) is 19.3 Å². The van der Waals surface area contributed by atoms with Gasteiger partial charge in [-0.2, -0.15) is 5.26 Å². The summed E-state index contributed by atoms with van der Waals surface area (Å²) in [4.78, 5) is 0. The molecule has 2 N–H and O–H groups in total. The molecular formula is C9H16N2O. The molecule has 0 amide bonds. The van der Waals surface area contributed by atoms with Gasteiger partial charge in [-0.05, 0) is 12.3 Å². The number of hydrogen-bond acceptors (Lipinski definition) is 3. The van der Waals surface area contributed by atoms with Crippen LogP contribution in [0.25, 0.3) is 0 Å². The fourth-order valence-electron chi connectivity index (χ4n) is 1.42. The Kier molecular flexibility index (Phi) is 2.71. The van der Waals surface area contributed by atoms with Crippen molar-refractivity contribution in [1.29, 1.82) is 5.26 Å². The highest BCUT2D eigenvalue weighted by Gasteiger charge is 2.44. The molecule has 0 spiro atoms. The molecule has 0 aromatic heterocycles. The number of ether oxygens (including phenoxy) is 1. The summed E-state index contributed by atoms with van der Waals surface area (Å²) in [6.07, 6.45) is 0.900. The normalized spacial score (nSPS) is 22.9. The molecule has 1 aliphatic rings. The molecule has 0 radical (unpaired) electrons. The van der Waals surface area contributed by atoms with Crippen molar-refractivity contribution in [1.82, 2.24) is 0 Å². The summed E-state index contributed by atoms with van der Waals surface area (Å²) in [5.41, 5.74) is 5.54. The van der Waals surface area contributed by atoms with Crippen LogP contribution < -0.4 is 5.73 Å². The summed E-state index contributed by atoms with van der Waals surface area (Å²) in [5, 5.41) is 8.91. The van der Waals surface area contributed by atoms with Gasteiger partial charge in [0.1, 0.15) is 5.41 Å². The molecule has 1 rings (SSSR count). The van der Waals surface area contributed by atoms with Crippen LogP contribution in [0.4, 0.5) is 0 Å². The van der Waals surface area contributed by atoms with Crippen molar-refractivity contribution < 1.29 is 4.74 Å². The van der Waals surface area contributed by atoms with Crippen LogP contribution in [0.2, 0.25) is 0 Å². The van der Waals surface area contributed by atoms with Crippen LogP contribution in [0.3, 0.4) is 0 Å². The van der Waals surface area contributed by atoms with E-state index in [1.54, 1.807) is 0 Å². The third-order valence-corrected chi connectivity index (χ3v) is 2.38. The molecule has 0 aromatic carbocycles. The third kappa shape index (κ3) is 1.60. The minimum absolute atomic E-state index is 0.0313. The number of nitriles is 1. The zero-order valence-corrected chi connectivity index (χ0v) is 7.71. The monoisotopic (exact) mass is 168 g/mol. The third-order valence-electron chi connectivity index (χ3n) is 2.38. The maximum Gasteiger partial charge on any atom is 0.119 e. The maximum atomic E-state index is 8.91. The molecule has 1 unspecified atom stereocenters. The smallest absolute Gasteiger partial charge is 0.119 e. The van der Waals surface area contributed by atoms with Crippen molar-refractivity contribution >= 4 is 0 Å². The first-order valence-corrected chi connectivity index (χ1v) is 4.35. The quantitative estimate of drug-likeness (QED) is 0.681. The van der Waals surface area contributed by atoms with Gasteiger partial charge in [0.25, 0.3) is 0 Å². The Morgan fingerprint density at radius 3 is 2.42 bits per heavy atom. The molecule has 1 fully saturated rings. The van der Waals surface area contributed by atoms with Crippen LogP contribution in [0.15, 0.2) is 0 Å². The van der Waals surface area contributed by atoms with Gasteiger partial charge < -0.3 is 10.5 Å². The van der Waals surface area contributed by atoms with E-state index in [0.29, 0.717) is 19.1 Å². The second kappa shape index (κ2) is 3.42. The van der Waals surface area contributed by atoms with E-state index < -0.39 is 0 Å². The van der Waals surface area contributed by atoms with Crippen molar-refractivity contribution in [3.05, 3.63) is 0 Å². The Labute approximate surface area is 73.5 Å². The van der Waals surface area contributed by atoms with Crippen molar-refractivity contribution in [2.24, 2.45) is 17.1 Å². The van der Waals surface area contributed by atoms with Gasteiger partial charge in [-0.15, -0.1) is 0 Å². The van der Waals surface area contributed by atoms with Gasteiger partial charge in [-0.25, -0.2) is 0 Å². The highest BCUT2D eigenvalue weighted by Crippen LogP contribution is 2.32. The molecule has 1 aliphatic heterocycles. The minimum atomic E-state index is -0.385. The Morgan fingerprint density at radius 2 is 2.17 bits per heavy atom. The molecule has 68 valence electrons. The molecule has 1 heterocycles. The molecule has 0 aromatic rings. The largest absolute Gasteiger partial charge is 0.378 e. The SMILES string of the molecule is CC(C)CC(N)C1(C#N)COC1. The lowest BCUT2D eigenvalue weighted by Gasteiger charge is -2.40. The molecule has 3 heteroatoms. The van der Waals surface area contributed by atoms with Crippen LogP contribution in [0.5, 0.6) is 0 Å². The first-order valence-electron chi connectivity index (χ1n) is 4.35. The van der Waals surface area contributed by atoms with E-state index in [1.807, 2.05) is 0 Å². The molecular weight excluding hydrogens is 152 g/mol. The van der Waals surface area contributed by atoms with E-state index in [0.717, 1.165) is 6.42 Å². The summed E-state index contributed by atoms with van der Waals surface area (Å²) >= 11 is 0. The van der Waals surface area contributed by atoms with Gasteiger partial charge in [0, 0.05) is 6.04 Å².